The molecule has 0 aliphatic rings. The van der Waals surface area contributed by atoms with Crippen LogP contribution in [0.5, 0.6) is 0 Å². The van der Waals surface area contributed by atoms with E-state index in [9.17, 15) is 4.79 Å². The van der Waals surface area contributed by atoms with Crippen LogP contribution in [0.15, 0.2) is 23.6 Å². The Hall–Kier alpha value is -0.900. The van der Waals surface area contributed by atoms with Gasteiger partial charge < -0.3 is 0 Å². The van der Waals surface area contributed by atoms with Gasteiger partial charge in [0.2, 0.25) is 0 Å². The summed E-state index contributed by atoms with van der Waals surface area (Å²) in [5, 5.41) is 3.45. The number of ketones is 1. The zero-order valence-electron chi connectivity index (χ0n) is 8.33. The molecular weight excluding hydrogens is 265 g/mol. The molecule has 0 spiro atoms. The van der Waals surface area contributed by atoms with Gasteiger partial charge in [0.1, 0.15) is 0 Å². The van der Waals surface area contributed by atoms with Crippen LogP contribution in [0.4, 0.5) is 0 Å². The molecule has 1 aromatic carbocycles. The summed E-state index contributed by atoms with van der Waals surface area (Å²) in [6.07, 6.45) is 0. The number of thiazole rings is 1. The summed E-state index contributed by atoms with van der Waals surface area (Å²) in [6, 6.07) is 5.17. The van der Waals surface area contributed by atoms with Gasteiger partial charge in [0.05, 0.1) is 10.7 Å². The van der Waals surface area contributed by atoms with Gasteiger partial charge >= 0.3 is 0 Å². The predicted octanol–water partition coefficient (Wildman–Crippen LogP) is 4.32. The van der Waals surface area contributed by atoms with Crippen LogP contribution in [0.2, 0.25) is 10.0 Å². The quantitative estimate of drug-likeness (QED) is 0.762. The lowest BCUT2D eigenvalue weighted by Gasteiger charge is -2.00. The third kappa shape index (κ3) is 2.26. The zero-order chi connectivity index (χ0) is 11.7. The average molecular weight is 272 g/mol. The summed E-state index contributed by atoms with van der Waals surface area (Å²) < 4.78 is 0. The van der Waals surface area contributed by atoms with E-state index in [1.807, 2.05) is 0 Å². The lowest BCUT2D eigenvalue weighted by Crippen LogP contribution is -1.90. The van der Waals surface area contributed by atoms with Crippen LogP contribution in [-0.2, 0) is 0 Å². The molecule has 16 heavy (non-hydrogen) atoms. The second-order valence-electron chi connectivity index (χ2n) is 3.22. The van der Waals surface area contributed by atoms with Crippen molar-refractivity contribution in [3.05, 3.63) is 38.6 Å². The summed E-state index contributed by atoms with van der Waals surface area (Å²) >= 11 is 13.2. The van der Waals surface area contributed by atoms with Crippen molar-refractivity contribution < 1.29 is 4.79 Å². The highest BCUT2D eigenvalue weighted by Crippen LogP contribution is 2.31. The Bertz CT molecular complexity index is 551. The molecule has 2 nitrogen and oxygen atoms in total. The number of halogens is 2. The van der Waals surface area contributed by atoms with E-state index in [0.29, 0.717) is 20.7 Å². The molecule has 0 amide bonds. The predicted molar refractivity (Wildman–Crippen MR) is 67.6 cm³/mol. The highest BCUT2D eigenvalue weighted by atomic mass is 35.5. The van der Waals surface area contributed by atoms with E-state index in [4.69, 9.17) is 23.2 Å². The number of Topliss-reactive ketones (excluding diaryl/α,β-unsaturated/α-hetero) is 1. The fourth-order valence-electron chi connectivity index (χ4n) is 1.25. The van der Waals surface area contributed by atoms with Crippen LogP contribution in [0, 0.1) is 0 Å². The first-order chi connectivity index (χ1) is 7.58. The molecule has 0 saturated carbocycles. The highest BCUT2D eigenvalue weighted by molar-refractivity contribution is 7.12. The molecule has 0 aliphatic carbocycles. The van der Waals surface area contributed by atoms with Gasteiger partial charge in [0.15, 0.2) is 10.8 Å². The fourth-order valence-corrected chi connectivity index (χ4v) is 2.36. The first-order valence-corrected chi connectivity index (χ1v) is 6.13. The Morgan fingerprint density at radius 1 is 1.38 bits per heavy atom. The van der Waals surface area contributed by atoms with Gasteiger partial charge in [0.25, 0.3) is 0 Å². The lowest BCUT2D eigenvalue weighted by atomic mass is 10.2. The van der Waals surface area contributed by atoms with Crippen LogP contribution >= 0.6 is 34.5 Å². The average Bonchev–Trinajstić information content (AvgIpc) is 2.70. The molecule has 0 fully saturated rings. The minimum absolute atomic E-state index is 0.0469. The van der Waals surface area contributed by atoms with Crippen molar-refractivity contribution in [2.24, 2.45) is 0 Å². The lowest BCUT2D eigenvalue weighted by molar-refractivity contribution is 0.101. The Balaban J connectivity index is 2.50. The summed E-state index contributed by atoms with van der Waals surface area (Å²) in [7, 11) is 0. The van der Waals surface area contributed by atoms with Crippen molar-refractivity contribution in [3.63, 3.8) is 0 Å². The van der Waals surface area contributed by atoms with E-state index < -0.39 is 0 Å². The number of nitrogens with zero attached hydrogens (tertiary/aromatic N) is 1. The van der Waals surface area contributed by atoms with E-state index in [2.05, 4.69) is 4.98 Å². The minimum atomic E-state index is -0.0469. The monoisotopic (exact) mass is 271 g/mol. The molecule has 0 radical (unpaired) electrons. The van der Waals surface area contributed by atoms with E-state index in [-0.39, 0.29) is 5.78 Å². The molecule has 1 aromatic heterocycles. The first kappa shape index (κ1) is 11.6. The van der Waals surface area contributed by atoms with Gasteiger partial charge in [-0.15, -0.1) is 11.3 Å². The molecule has 0 saturated heterocycles. The maximum Gasteiger partial charge on any atom is 0.188 e. The molecule has 0 unspecified atom stereocenters. The molecule has 5 heteroatoms. The highest BCUT2D eigenvalue weighted by Gasteiger charge is 2.10. The maximum atomic E-state index is 11.1. The number of hydrogen-bond donors (Lipinski definition) is 0. The Morgan fingerprint density at radius 3 is 2.75 bits per heavy atom. The third-order valence-electron chi connectivity index (χ3n) is 2.01. The molecule has 0 aliphatic heterocycles. The summed E-state index contributed by atoms with van der Waals surface area (Å²) in [5.74, 6) is -0.0469. The van der Waals surface area contributed by atoms with E-state index in [0.717, 1.165) is 5.56 Å². The largest absolute Gasteiger partial charge is 0.292 e. The normalized spacial score (nSPS) is 10.4. The summed E-state index contributed by atoms with van der Waals surface area (Å²) in [4.78, 5) is 15.3. The number of carbonyl (C=O) groups is 1. The van der Waals surface area contributed by atoms with Crippen LogP contribution in [0.3, 0.4) is 0 Å². The number of carbonyl (C=O) groups excluding carboxylic acids is 1. The van der Waals surface area contributed by atoms with Crippen molar-refractivity contribution in [3.8, 4) is 11.3 Å². The summed E-state index contributed by atoms with van der Waals surface area (Å²) in [5.41, 5.74) is 1.43. The number of aromatic nitrogens is 1. The van der Waals surface area contributed by atoms with Gasteiger partial charge in [-0.1, -0.05) is 23.2 Å². The molecule has 2 rings (SSSR count). The molecular formula is C11H7Cl2NOS. The first-order valence-electron chi connectivity index (χ1n) is 4.50. The van der Waals surface area contributed by atoms with Gasteiger partial charge in [-0.2, -0.15) is 0 Å². The van der Waals surface area contributed by atoms with Crippen molar-refractivity contribution in [1.82, 2.24) is 4.98 Å². The maximum absolute atomic E-state index is 11.1. The standard InChI is InChI=1S/C11H7Cl2NOS/c1-6(15)11-14-10(5-16-11)8-4-7(12)2-3-9(8)13/h2-5H,1H3. The Kier molecular flexibility index (Phi) is 3.28. The van der Waals surface area contributed by atoms with E-state index >= 15 is 0 Å². The third-order valence-corrected chi connectivity index (χ3v) is 3.52. The number of benzene rings is 1. The number of rotatable bonds is 2. The molecule has 0 bridgehead atoms. The summed E-state index contributed by atoms with van der Waals surface area (Å²) in [6.45, 7) is 1.49. The molecule has 2 aromatic rings. The van der Waals surface area contributed by atoms with Gasteiger partial charge in [-0.25, -0.2) is 4.98 Å². The van der Waals surface area contributed by atoms with E-state index in [1.165, 1.54) is 18.3 Å². The molecule has 0 N–H and O–H groups in total. The second-order valence-corrected chi connectivity index (χ2v) is 4.92. The van der Waals surface area contributed by atoms with Crippen molar-refractivity contribution in [1.29, 1.82) is 0 Å². The van der Waals surface area contributed by atoms with Gasteiger partial charge in [-0.05, 0) is 18.2 Å². The van der Waals surface area contributed by atoms with E-state index in [1.54, 1.807) is 23.6 Å². The second kappa shape index (κ2) is 4.53. The van der Waals surface area contributed by atoms with Crippen LogP contribution in [0.1, 0.15) is 16.7 Å². The van der Waals surface area contributed by atoms with Crippen molar-refractivity contribution in [2.75, 3.05) is 0 Å². The Labute approximate surface area is 107 Å². The minimum Gasteiger partial charge on any atom is -0.292 e. The van der Waals surface area contributed by atoms with Crippen LogP contribution < -0.4 is 0 Å². The number of hydrogen-bond acceptors (Lipinski definition) is 3. The Morgan fingerprint density at radius 2 is 2.12 bits per heavy atom. The SMILES string of the molecule is CC(=O)c1nc(-c2cc(Cl)ccc2Cl)cs1. The van der Waals surface area contributed by atoms with Crippen molar-refractivity contribution >= 4 is 40.3 Å². The molecule has 1 heterocycles. The van der Waals surface area contributed by atoms with Gasteiger partial charge in [-0.3, -0.25) is 4.79 Å². The zero-order valence-corrected chi connectivity index (χ0v) is 10.7. The smallest absolute Gasteiger partial charge is 0.188 e. The van der Waals surface area contributed by atoms with Crippen LogP contribution in [-0.4, -0.2) is 10.8 Å². The van der Waals surface area contributed by atoms with Gasteiger partial charge in [0, 0.05) is 22.9 Å². The fraction of sp³-hybridized carbons (Fsp3) is 0.0909. The topological polar surface area (TPSA) is 30.0 Å². The van der Waals surface area contributed by atoms with Crippen molar-refractivity contribution in [2.45, 2.75) is 6.92 Å². The van der Waals surface area contributed by atoms with Crippen LogP contribution in [0.25, 0.3) is 11.3 Å². The molecule has 82 valence electrons. The molecule has 0 atom stereocenters.